The summed E-state index contributed by atoms with van der Waals surface area (Å²) in [5.41, 5.74) is 1.06. The summed E-state index contributed by atoms with van der Waals surface area (Å²) >= 11 is 3.44. The van der Waals surface area contributed by atoms with Crippen molar-refractivity contribution in [3.8, 4) is 11.5 Å². The SMILES string of the molecule is COc1ccc(C2SCC(=O)N2CCSCc2ccc(CN(C)C)o2)cc1OC. The molecular formula is C21H28N2O4S2. The van der Waals surface area contributed by atoms with E-state index in [1.807, 2.05) is 49.3 Å². The van der Waals surface area contributed by atoms with Crippen LogP contribution in [0.25, 0.3) is 0 Å². The van der Waals surface area contributed by atoms with E-state index in [4.69, 9.17) is 13.9 Å². The molecule has 29 heavy (non-hydrogen) atoms. The van der Waals surface area contributed by atoms with Crippen LogP contribution >= 0.6 is 23.5 Å². The topological polar surface area (TPSA) is 55.2 Å². The van der Waals surface area contributed by atoms with Crippen molar-refractivity contribution < 1.29 is 18.7 Å². The number of nitrogens with zero attached hydrogens (tertiary/aromatic N) is 2. The molecule has 1 saturated heterocycles. The lowest BCUT2D eigenvalue weighted by Crippen LogP contribution is -2.30. The Kier molecular flexibility index (Phi) is 7.80. The average molecular weight is 437 g/mol. The van der Waals surface area contributed by atoms with Gasteiger partial charge in [-0.15, -0.1) is 11.8 Å². The fraction of sp³-hybridized carbons (Fsp3) is 0.476. The van der Waals surface area contributed by atoms with E-state index in [0.717, 1.165) is 35.1 Å². The standard InChI is InChI=1S/C21H28N2O4S2/c1-22(2)12-16-6-7-17(27-16)13-28-10-9-23-20(24)14-29-21(23)15-5-8-18(25-3)19(11-15)26-4/h5-8,11,21H,9-10,12-14H2,1-4H3. The first-order chi connectivity index (χ1) is 14.0. The van der Waals surface area contributed by atoms with Crippen LogP contribution in [0.1, 0.15) is 22.5 Å². The lowest BCUT2D eigenvalue weighted by Gasteiger charge is -2.24. The van der Waals surface area contributed by atoms with E-state index in [1.165, 1.54) is 0 Å². The van der Waals surface area contributed by atoms with E-state index >= 15 is 0 Å². The van der Waals surface area contributed by atoms with Crippen LogP contribution in [0.4, 0.5) is 0 Å². The van der Waals surface area contributed by atoms with Crippen molar-refractivity contribution in [1.29, 1.82) is 0 Å². The molecule has 1 aromatic carbocycles. The highest BCUT2D eigenvalue weighted by Crippen LogP contribution is 2.41. The zero-order chi connectivity index (χ0) is 20.8. The van der Waals surface area contributed by atoms with Gasteiger partial charge < -0.3 is 23.7 Å². The molecule has 1 aromatic heterocycles. The zero-order valence-electron chi connectivity index (χ0n) is 17.3. The zero-order valence-corrected chi connectivity index (χ0v) is 19.0. The lowest BCUT2D eigenvalue weighted by molar-refractivity contribution is -0.127. The highest BCUT2D eigenvalue weighted by Gasteiger charge is 2.32. The predicted octanol–water partition coefficient (Wildman–Crippen LogP) is 3.87. The Labute approximate surface area is 180 Å². The summed E-state index contributed by atoms with van der Waals surface area (Å²) < 4.78 is 16.6. The van der Waals surface area contributed by atoms with Gasteiger partial charge in [-0.2, -0.15) is 11.8 Å². The van der Waals surface area contributed by atoms with E-state index in [2.05, 4.69) is 4.90 Å². The number of amides is 1. The molecule has 1 fully saturated rings. The third kappa shape index (κ3) is 5.65. The molecule has 6 nitrogen and oxygen atoms in total. The van der Waals surface area contributed by atoms with Crippen molar-refractivity contribution in [2.45, 2.75) is 17.7 Å². The quantitative estimate of drug-likeness (QED) is 0.524. The van der Waals surface area contributed by atoms with Gasteiger partial charge in [0, 0.05) is 12.3 Å². The number of rotatable bonds is 10. The number of methoxy groups -OCH3 is 2. The summed E-state index contributed by atoms with van der Waals surface area (Å²) in [4.78, 5) is 16.5. The Morgan fingerprint density at radius 2 is 1.93 bits per heavy atom. The number of thioether (sulfide) groups is 2. The first kappa shape index (κ1) is 21.9. The molecule has 158 valence electrons. The van der Waals surface area contributed by atoms with Gasteiger partial charge in [0.15, 0.2) is 11.5 Å². The Morgan fingerprint density at radius 3 is 2.66 bits per heavy atom. The fourth-order valence-corrected chi connectivity index (χ4v) is 5.25. The number of furan rings is 1. The van der Waals surface area contributed by atoms with Crippen molar-refractivity contribution in [3.05, 3.63) is 47.4 Å². The molecule has 0 saturated carbocycles. The highest BCUT2D eigenvalue weighted by molar-refractivity contribution is 8.00. The van der Waals surface area contributed by atoms with Gasteiger partial charge in [-0.25, -0.2) is 0 Å². The van der Waals surface area contributed by atoms with E-state index < -0.39 is 0 Å². The van der Waals surface area contributed by atoms with Crippen molar-refractivity contribution in [2.75, 3.05) is 46.4 Å². The molecule has 1 atom stereocenters. The Morgan fingerprint density at radius 1 is 1.17 bits per heavy atom. The summed E-state index contributed by atoms with van der Waals surface area (Å²) in [7, 11) is 7.30. The maximum absolute atomic E-state index is 12.4. The van der Waals surface area contributed by atoms with E-state index in [9.17, 15) is 4.79 Å². The summed E-state index contributed by atoms with van der Waals surface area (Å²) in [6, 6.07) is 9.93. The second kappa shape index (κ2) is 10.3. The molecule has 0 N–H and O–H groups in total. The molecule has 0 aliphatic carbocycles. The van der Waals surface area contributed by atoms with Crippen LogP contribution in [0.3, 0.4) is 0 Å². The number of hydrogen-bond acceptors (Lipinski definition) is 7. The molecular weight excluding hydrogens is 408 g/mol. The van der Waals surface area contributed by atoms with Crippen LogP contribution in [-0.4, -0.2) is 62.1 Å². The maximum Gasteiger partial charge on any atom is 0.233 e. The van der Waals surface area contributed by atoms with Crippen LogP contribution in [0, 0.1) is 0 Å². The molecule has 2 aromatic rings. The molecule has 3 rings (SSSR count). The number of carbonyl (C=O) groups is 1. The second-order valence-corrected chi connectivity index (χ2v) is 9.20. The molecule has 2 heterocycles. The van der Waals surface area contributed by atoms with Crippen LogP contribution in [0.15, 0.2) is 34.7 Å². The van der Waals surface area contributed by atoms with Crippen molar-refractivity contribution in [3.63, 3.8) is 0 Å². The molecule has 1 aliphatic heterocycles. The minimum absolute atomic E-state index is 0.0122. The number of hydrogen-bond donors (Lipinski definition) is 0. The normalized spacial score (nSPS) is 16.7. The number of benzene rings is 1. The fourth-order valence-electron chi connectivity index (χ4n) is 3.21. The summed E-state index contributed by atoms with van der Waals surface area (Å²) in [5.74, 6) is 5.70. The van der Waals surface area contributed by atoms with Crippen LogP contribution in [0.5, 0.6) is 11.5 Å². The number of carbonyl (C=O) groups excluding carboxylic acids is 1. The van der Waals surface area contributed by atoms with Gasteiger partial charge >= 0.3 is 0 Å². The first-order valence-corrected chi connectivity index (χ1v) is 11.6. The molecule has 1 aliphatic rings. The van der Waals surface area contributed by atoms with E-state index in [0.29, 0.717) is 23.8 Å². The average Bonchev–Trinajstić information content (AvgIpc) is 3.30. The van der Waals surface area contributed by atoms with Gasteiger partial charge in [0.05, 0.1) is 32.3 Å². The molecule has 8 heteroatoms. The van der Waals surface area contributed by atoms with Crippen LogP contribution < -0.4 is 9.47 Å². The summed E-state index contributed by atoms with van der Waals surface area (Å²) in [6.07, 6.45) is 0. The van der Waals surface area contributed by atoms with Crippen LogP contribution in [0.2, 0.25) is 0 Å². The Balaban J connectivity index is 1.55. The molecule has 1 amide bonds. The molecule has 0 spiro atoms. The van der Waals surface area contributed by atoms with Crippen molar-refractivity contribution in [1.82, 2.24) is 9.80 Å². The Hall–Kier alpha value is -1.77. The van der Waals surface area contributed by atoms with E-state index in [1.54, 1.807) is 37.7 Å². The second-order valence-electron chi connectivity index (χ2n) is 7.02. The largest absolute Gasteiger partial charge is 0.493 e. The van der Waals surface area contributed by atoms with Gasteiger partial charge in [0.2, 0.25) is 5.91 Å². The van der Waals surface area contributed by atoms with Crippen molar-refractivity contribution >= 4 is 29.4 Å². The van der Waals surface area contributed by atoms with Crippen LogP contribution in [-0.2, 0) is 17.1 Å². The molecule has 1 unspecified atom stereocenters. The van der Waals surface area contributed by atoms with Crippen molar-refractivity contribution in [2.24, 2.45) is 0 Å². The molecule has 0 bridgehead atoms. The number of ether oxygens (including phenoxy) is 2. The van der Waals surface area contributed by atoms with Gasteiger partial charge in [0.1, 0.15) is 16.9 Å². The third-order valence-corrected chi connectivity index (χ3v) is 6.79. The third-order valence-electron chi connectivity index (χ3n) is 4.57. The predicted molar refractivity (Wildman–Crippen MR) is 119 cm³/mol. The maximum atomic E-state index is 12.4. The van der Waals surface area contributed by atoms with Gasteiger partial charge in [0.25, 0.3) is 0 Å². The first-order valence-electron chi connectivity index (χ1n) is 9.45. The molecule has 0 radical (unpaired) electrons. The minimum Gasteiger partial charge on any atom is -0.493 e. The monoisotopic (exact) mass is 436 g/mol. The summed E-state index contributed by atoms with van der Waals surface area (Å²) in [5, 5.41) is 0.0122. The smallest absolute Gasteiger partial charge is 0.233 e. The van der Waals surface area contributed by atoms with Gasteiger partial charge in [-0.3, -0.25) is 4.79 Å². The Bertz CT molecular complexity index is 825. The van der Waals surface area contributed by atoms with Gasteiger partial charge in [-0.05, 0) is 43.9 Å². The van der Waals surface area contributed by atoms with Gasteiger partial charge in [-0.1, -0.05) is 6.07 Å². The van der Waals surface area contributed by atoms with E-state index in [-0.39, 0.29) is 11.3 Å². The minimum atomic E-state index is 0.0122. The summed E-state index contributed by atoms with van der Waals surface area (Å²) in [6.45, 7) is 1.51. The highest BCUT2D eigenvalue weighted by atomic mass is 32.2. The lowest BCUT2D eigenvalue weighted by atomic mass is 10.2.